The van der Waals surface area contributed by atoms with Gasteiger partial charge in [0.25, 0.3) is 5.69 Å². The van der Waals surface area contributed by atoms with E-state index in [0.717, 1.165) is 12.0 Å². The van der Waals surface area contributed by atoms with Gasteiger partial charge in [-0.2, -0.15) is 5.10 Å². The fourth-order valence-electron chi connectivity index (χ4n) is 2.67. The highest BCUT2D eigenvalue weighted by Crippen LogP contribution is 2.17. The highest BCUT2D eigenvalue weighted by atomic mass is 16.6. The molecule has 0 radical (unpaired) electrons. The van der Waals surface area contributed by atoms with Crippen molar-refractivity contribution in [3.05, 3.63) is 52.5 Å². The van der Waals surface area contributed by atoms with E-state index in [1.165, 1.54) is 12.3 Å². The van der Waals surface area contributed by atoms with E-state index >= 15 is 0 Å². The number of hydrogen-bond donors (Lipinski definition) is 1. The third-order valence-electron chi connectivity index (χ3n) is 3.95. The molecule has 9 heteroatoms. The number of likely N-dealkylation sites (tertiary alicyclic amines) is 1. The summed E-state index contributed by atoms with van der Waals surface area (Å²) in [5, 5.41) is 17.9. The van der Waals surface area contributed by atoms with Gasteiger partial charge in [-0.25, -0.2) is 4.98 Å². The predicted octanol–water partition coefficient (Wildman–Crippen LogP) is 1.45. The molecule has 3 heterocycles. The van der Waals surface area contributed by atoms with Crippen LogP contribution in [0.25, 0.3) is 6.08 Å². The van der Waals surface area contributed by atoms with E-state index in [9.17, 15) is 14.9 Å². The number of aromatic nitrogens is 3. The maximum atomic E-state index is 12.2. The van der Waals surface area contributed by atoms with Crippen molar-refractivity contribution in [1.29, 1.82) is 0 Å². The summed E-state index contributed by atoms with van der Waals surface area (Å²) in [6.07, 6.45) is 8.83. The van der Waals surface area contributed by atoms with Gasteiger partial charge in [0.2, 0.25) is 5.91 Å². The molecule has 0 aliphatic carbocycles. The van der Waals surface area contributed by atoms with Gasteiger partial charge in [-0.15, -0.1) is 0 Å². The van der Waals surface area contributed by atoms with Crippen LogP contribution in [0.2, 0.25) is 0 Å². The Morgan fingerprint density at radius 3 is 2.92 bits per heavy atom. The normalized spacial score (nSPS) is 17.2. The minimum Gasteiger partial charge on any atom is -0.365 e. The second kappa shape index (κ2) is 7.12. The van der Waals surface area contributed by atoms with E-state index in [2.05, 4.69) is 15.4 Å². The molecule has 25 heavy (non-hydrogen) atoms. The molecule has 1 atom stereocenters. The molecule has 1 saturated heterocycles. The van der Waals surface area contributed by atoms with E-state index in [0.29, 0.717) is 18.9 Å². The van der Waals surface area contributed by atoms with Gasteiger partial charge in [0.05, 0.1) is 11.1 Å². The molecular formula is C16H18N6O3. The number of nitrogens with one attached hydrogen (secondary N) is 1. The summed E-state index contributed by atoms with van der Waals surface area (Å²) >= 11 is 0. The number of nitrogens with zero attached hydrogens (tertiary/aromatic N) is 5. The molecule has 0 bridgehead atoms. The average Bonchev–Trinajstić information content (AvgIpc) is 3.22. The van der Waals surface area contributed by atoms with E-state index in [1.54, 1.807) is 34.0 Å². The van der Waals surface area contributed by atoms with Crippen LogP contribution in [0.3, 0.4) is 0 Å². The van der Waals surface area contributed by atoms with Gasteiger partial charge in [-0.1, -0.05) is 0 Å². The zero-order valence-electron chi connectivity index (χ0n) is 13.7. The number of anilines is 1. The minimum absolute atomic E-state index is 0.0469. The number of hydrogen-bond acceptors (Lipinski definition) is 6. The molecule has 1 amide bonds. The second-order valence-electron chi connectivity index (χ2n) is 5.85. The van der Waals surface area contributed by atoms with Crippen molar-refractivity contribution >= 4 is 23.5 Å². The Morgan fingerprint density at radius 2 is 2.28 bits per heavy atom. The van der Waals surface area contributed by atoms with Crippen LogP contribution in [0.4, 0.5) is 11.5 Å². The standard InChI is InChI=1S/C16H18N6O3/c1-20-10-12(8-18-20)2-5-16(23)21-7-6-13(11-21)19-15-4-3-14(9-17-15)22(24)25/h2-5,8-10,13H,6-7,11H2,1H3,(H,17,19)/b5-2-/t13-/m1/s1. The Morgan fingerprint density at radius 1 is 1.44 bits per heavy atom. The molecule has 1 aliphatic heterocycles. The Bertz CT molecular complexity index is 798. The number of nitro groups is 1. The Hall–Kier alpha value is -3.23. The van der Waals surface area contributed by atoms with E-state index < -0.39 is 4.92 Å². The van der Waals surface area contributed by atoms with Gasteiger partial charge in [-0.05, 0) is 18.6 Å². The summed E-state index contributed by atoms with van der Waals surface area (Å²) in [7, 11) is 1.82. The van der Waals surface area contributed by atoms with Crippen molar-refractivity contribution in [3.8, 4) is 0 Å². The summed E-state index contributed by atoms with van der Waals surface area (Å²) in [6, 6.07) is 3.05. The first-order valence-electron chi connectivity index (χ1n) is 7.84. The minimum atomic E-state index is -0.485. The van der Waals surface area contributed by atoms with E-state index in [4.69, 9.17) is 0 Å². The highest BCUT2D eigenvalue weighted by Gasteiger charge is 2.25. The van der Waals surface area contributed by atoms with Crippen LogP contribution in [0.5, 0.6) is 0 Å². The molecule has 0 aromatic carbocycles. The fourth-order valence-corrected chi connectivity index (χ4v) is 2.67. The quantitative estimate of drug-likeness (QED) is 0.501. The van der Waals surface area contributed by atoms with Gasteiger partial charge in [-0.3, -0.25) is 19.6 Å². The first-order chi connectivity index (χ1) is 12.0. The van der Waals surface area contributed by atoms with E-state index in [-0.39, 0.29) is 17.6 Å². The Balaban J connectivity index is 1.53. The topological polar surface area (TPSA) is 106 Å². The third-order valence-corrected chi connectivity index (χ3v) is 3.95. The maximum absolute atomic E-state index is 12.2. The average molecular weight is 342 g/mol. The van der Waals surface area contributed by atoms with E-state index in [1.807, 2.05) is 13.2 Å². The van der Waals surface area contributed by atoms with Gasteiger partial charge in [0.1, 0.15) is 12.0 Å². The molecular weight excluding hydrogens is 324 g/mol. The fraction of sp³-hybridized carbons (Fsp3) is 0.312. The lowest BCUT2D eigenvalue weighted by Crippen LogP contribution is -2.30. The maximum Gasteiger partial charge on any atom is 0.287 e. The molecule has 2 aromatic heterocycles. The molecule has 1 N–H and O–H groups in total. The van der Waals surface area contributed by atoms with Crippen molar-refractivity contribution in [2.75, 3.05) is 18.4 Å². The molecule has 1 fully saturated rings. The lowest BCUT2D eigenvalue weighted by Gasteiger charge is -2.15. The van der Waals surface area contributed by atoms with Gasteiger partial charge in [0.15, 0.2) is 0 Å². The Kier molecular flexibility index (Phi) is 4.73. The number of carbonyl (C=O) groups excluding carboxylic acids is 1. The van der Waals surface area contributed by atoms with Crippen LogP contribution in [-0.2, 0) is 11.8 Å². The van der Waals surface area contributed by atoms with Crippen molar-refractivity contribution in [2.24, 2.45) is 7.05 Å². The van der Waals surface area contributed by atoms with Gasteiger partial charge < -0.3 is 10.2 Å². The van der Waals surface area contributed by atoms with Gasteiger partial charge in [0, 0.05) is 50.1 Å². The van der Waals surface area contributed by atoms with Crippen molar-refractivity contribution in [2.45, 2.75) is 12.5 Å². The first kappa shape index (κ1) is 16.6. The monoisotopic (exact) mass is 342 g/mol. The van der Waals surface area contributed by atoms with Crippen LogP contribution in [0.1, 0.15) is 12.0 Å². The third kappa shape index (κ3) is 4.19. The summed E-state index contributed by atoms with van der Waals surface area (Å²) < 4.78 is 1.68. The molecule has 130 valence electrons. The Labute approximate surface area is 144 Å². The van der Waals surface area contributed by atoms with Crippen molar-refractivity contribution in [3.63, 3.8) is 0 Å². The smallest absolute Gasteiger partial charge is 0.287 e. The van der Waals surface area contributed by atoms with Crippen molar-refractivity contribution < 1.29 is 9.72 Å². The summed E-state index contributed by atoms with van der Waals surface area (Å²) in [6.45, 7) is 1.22. The van der Waals surface area contributed by atoms with Crippen LogP contribution in [0, 0.1) is 10.1 Å². The molecule has 1 aliphatic rings. The number of pyridine rings is 1. The summed E-state index contributed by atoms with van der Waals surface area (Å²) in [4.78, 5) is 28.2. The number of carbonyl (C=O) groups is 1. The van der Waals surface area contributed by atoms with Crippen LogP contribution in [-0.4, -0.2) is 49.6 Å². The van der Waals surface area contributed by atoms with Crippen LogP contribution < -0.4 is 5.32 Å². The number of amides is 1. The van der Waals surface area contributed by atoms with Crippen molar-refractivity contribution in [1.82, 2.24) is 19.7 Å². The molecule has 0 spiro atoms. The number of rotatable bonds is 5. The SMILES string of the molecule is Cn1cc(/C=C\C(=O)N2CC[C@@H](Nc3ccc([N+](=O)[O-])cn3)C2)cn1. The molecule has 3 rings (SSSR count). The predicted molar refractivity (Wildman–Crippen MR) is 91.7 cm³/mol. The molecule has 2 aromatic rings. The lowest BCUT2D eigenvalue weighted by atomic mass is 10.2. The zero-order chi connectivity index (χ0) is 17.8. The lowest BCUT2D eigenvalue weighted by molar-refractivity contribution is -0.385. The summed E-state index contributed by atoms with van der Waals surface area (Å²) in [5.41, 5.74) is 0.828. The van der Waals surface area contributed by atoms with Gasteiger partial charge >= 0.3 is 0 Å². The highest BCUT2D eigenvalue weighted by molar-refractivity contribution is 5.92. The zero-order valence-corrected chi connectivity index (χ0v) is 13.7. The molecule has 0 saturated carbocycles. The van der Waals surface area contributed by atoms with Crippen LogP contribution >= 0.6 is 0 Å². The largest absolute Gasteiger partial charge is 0.365 e. The van der Waals surface area contributed by atoms with Crippen LogP contribution in [0.15, 0.2) is 36.8 Å². The molecule has 0 unspecified atom stereocenters. The second-order valence-corrected chi connectivity index (χ2v) is 5.85. The summed E-state index contributed by atoms with van der Waals surface area (Å²) in [5.74, 6) is 0.514. The number of aryl methyl sites for hydroxylation is 1. The first-order valence-corrected chi connectivity index (χ1v) is 7.84. The molecule has 9 nitrogen and oxygen atoms in total.